The van der Waals surface area contributed by atoms with E-state index in [4.69, 9.17) is 4.99 Å². The number of aryl methyl sites for hydroxylation is 1. The molecule has 1 saturated heterocycles. The van der Waals surface area contributed by atoms with Crippen molar-refractivity contribution >= 4 is 28.9 Å². The number of hydrogen-bond acceptors (Lipinski definition) is 3. The summed E-state index contributed by atoms with van der Waals surface area (Å²) in [5, 5.41) is 2.12. The van der Waals surface area contributed by atoms with Gasteiger partial charge in [-0.15, -0.1) is 11.3 Å². The van der Waals surface area contributed by atoms with E-state index in [0.29, 0.717) is 0 Å². The Morgan fingerprint density at radius 2 is 1.90 bits per heavy atom. The molecule has 0 aliphatic carbocycles. The number of piperidine rings is 1. The van der Waals surface area contributed by atoms with Gasteiger partial charge in [0, 0.05) is 24.2 Å². The molecule has 0 N–H and O–H groups in total. The van der Waals surface area contributed by atoms with E-state index in [1.165, 1.54) is 35.4 Å². The molecule has 1 fully saturated rings. The van der Waals surface area contributed by atoms with Gasteiger partial charge in [-0.1, -0.05) is 12.1 Å². The number of hydrogen-bond donors (Lipinski definition) is 0. The summed E-state index contributed by atoms with van der Waals surface area (Å²) in [7, 11) is 0. The fraction of sp³-hybridized carbons (Fsp3) is 0.353. The molecule has 1 aromatic heterocycles. The zero-order valence-corrected chi connectivity index (χ0v) is 12.7. The molecule has 2 aromatic rings. The summed E-state index contributed by atoms with van der Waals surface area (Å²) in [5.74, 6) is 0. The quantitative estimate of drug-likeness (QED) is 0.739. The minimum Gasteiger partial charge on any atom is -0.370 e. The first kappa shape index (κ1) is 13.4. The molecule has 1 aliphatic rings. The van der Waals surface area contributed by atoms with Crippen molar-refractivity contribution in [3.8, 4) is 0 Å². The maximum Gasteiger partial charge on any atom is 0.0863 e. The number of thiophene rings is 1. The Bertz CT molecular complexity index is 595. The van der Waals surface area contributed by atoms with Gasteiger partial charge in [-0.2, -0.15) is 0 Å². The molecule has 2 heterocycles. The number of aliphatic imine (C=N–C) groups is 1. The predicted molar refractivity (Wildman–Crippen MR) is 88.8 cm³/mol. The smallest absolute Gasteiger partial charge is 0.0863 e. The van der Waals surface area contributed by atoms with Gasteiger partial charge in [0.25, 0.3) is 0 Å². The molecule has 3 heteroatoms. The third-order valence-electron chi connectivity index (χ3n) is 3.80. The Morgan fingerprint density at radius 1 is 1.10 bits per heavy atom. The molecule has 0 spiro atoms. The van der Waals surface area contributed by atoms with Crippen LogP contribution in [0.1, 0.15) is 29.7 Å². The summed E-state index contributed by atoms with van der Waals surface area (Å²) in [6.07, 6.45) is 5.95. The lowest BCUT2D eigenvalue weighted by Gasteiger charge is -2.29. The molecule has 0 saturated carbocycles. The SMILES string of the molecule is Cc1ccsc1C=Nc1ccccc1N1CCCCC1. The Hall–Kier alpha value is -1.61. The lowest BCUT2D eigenvalue weighted by molar-refractivity contribution is 0.578. The van der Waals surface area contributed by atoms with Gasteiger partial charge in [-0.25, -0.2) is 0 Å². The minimum absolute atomic E-state index is 1.09. The van der Waals surface area contributed by atoms with Crippen LogP contribution >= 0.6 is 11.3 Å². The molecular weight excluding hydrogens is 264 g/mol. The second kappa shape index (κ2) is 6.23. The normalized spacial score (nSPS) is 15.9. The fourth-order valence-electron chi connectivity index (χ4n) is 2.62. The second-order valence-electron chi connectivity index (χ2n) is 5.26. The van der Waals surface area contributed by atoms with E-state index < -0.39 is 0 Å². The van der Waals surface area contributed by atoms with Crippen LogP contribution in [0.2, 0.25) is 0 Å². The molecule has 104 valence electrons. The predicted octanol–water partition coefficient (Wildman–Crippen LogP) is 4.80. The van der Waals surface area contributed by atoms with Crippen LogP contribution in [0.5, 0.6) is 0 Å². The average Bonchev–Trinajstić information content (AvgIpc) is 2.92. The highest BCUT2D eigenvalue weighted by Crippen LogP contribution is 2.30. The van der Waals surface area contributed by atoms with Gasteiger partial charge in [0.2, 0.25) is 0 Å². The summed E-state index contributed by atoms with van der Waals surface area (Å²) in [4.78, 5) is 8.45. The summed E-state index contributed by atoms with van der Waals surface area (Å²) in [6, 6.07) is 10.6. The van der Waals surface area contributed by atoms with Gasteiger partial charge >= 0.3 is 0 Å². The van der Waals surface area contributed by atoms with Crippen molar-refractivity contribution in [2.45, 2.75) is 26.2 Å². The van der Waals surface area contributed by atoms with Gasteiger partial charge in [0.05, 0.1) is 11.4 Å². The summed E-state index contributed by atoms with van der Waals surface area (Å²) < 4.78 is 0. The van der Waals surface area contributed by atoms with Crippen LogP contribution in [0.25, 0.3) is 0 Å². The highest BCUT2D eigenvalue weighted by atomic mass is 32.1. The van der Waals surface area contributed by atoms with Crippen molar-refractivity contribution in [2.75, 3.05) is 18.0 Å². The molecule has 1 aliphatic heterocycles. The average molecular weight is 284 g/mol. The van der Waals surface area contributed by atoms with Crippen LogP contribution in [0.3, 0.4) is 0 Å². The number of rotatable bonds is 3. The first-order valence-electron chi connectivity index (χ1n) is 7.27. The largest absolute Gasteiger partial charge is 0.370 e. The van der Waals surface area contributed by atoms with E-state index in [9.17, 15) is 0 Å². The molecule has 0 bridgehead atoms. The van der Waals surface area contributed by atoms with E-state index in [1.807, 2.05) is 6.21 Å². The maximum atomic E-state index is 4.73. The van der Waals surface area contributed by atoms with Crippen molar-refractivity contribution in [3.63, 3.8) is 0 Å². The molecule has 2 nitrogen and oxygen atoms in total. The minimum atomic E-state index is 1.09. The molecule has 0 unspecified atom stereocenters. The molecule has 3 rings (SSSR count). The lowest BCUT2D eigenvalue weighted by Crippen LogP contribution is -2.29. The molecular formula is C17H20N2S. The highest BCUT2D eigenvalue weighted by Gasteiger charge is 2.13. The highest BCUT2D eigenvalue weighted by molar-refractivity contribution is 7.11. The standard InChI is InChI=1S/C17H20N2S/c1-14-9-12-20-17(14)13-18-15-7-3-4-8-16(15)19-10-5-2-6-11-19/h3-4,7-9,12-13H,2,5-6,10-11H2,1H3. The molecule has 0 radical (unpaired) electrons. The molecule has 1 aromatic carbocycles. The number of benzene rings is 1. The summed E-state index contributed by atoms with van der Waals surface area (Å²) >= 11 is 1.75. The third-order valence-corrected chi connectivity index (χ3v) is 4.75. The Labute approximate surface area is 124 Å². The second-order valence-corrected chi connectivity index (χ2v) is 6.21. The lowest BCUT2D eigenvalue weighted by atomic mass is 10.1. The Kier molecular flexibility index (Phi) is 4.16. The van der Waals surface area contributed by atoms with Crippen molar-refractivity contribution in [1.29, 1.82) is 0 Å². The Balaban J connectivity index is 1.86. The molecule has 20 heavy (non-hydrogen) atoms. The van der Waals surface area contributed by atoms with Gasteiger partial charge < -0.3 is 4.90 Å². The zero-order valence-electron chi connectivity index (χ0n) is 11.9. The van der Waals surface area contributed by atoms with Gasteiger partial charge in [-0.3, -0.25) is 4.99 Å². The number of anilines is 1. The van der Waals surface area contributed by atoms with Gasteiger partial charge in [-0.05, 0) is 55.3 Å². The first-order valence-corrected chi connectivity index (χ1v) is 8.15. The van der Waals surface area contributed by atoms with Crippen molar-refractivity contribution in [3.05, 3.63) is 46.2 Å². The fourth-order valence-corrected chi connectivity index (χ4v) is 3.41. The van der Waals surface area contributed by atoms with Crippen LogP contribution in [0, 0.1) is 6.92 Å². The third kappa shape index (κ3) is 2.93. The van der Waals surface area contributed by atoms with Crippen molar-refractivity contribution in [1.82, 2.24) is 0 Å². The van der Waals surface area contributed by atoms with Crippen LogP contribution in [0.15, 0.2) is 40.7 Å². The summed E-state index contributed by atoms with van der Waals surface area (Å²) in [5.41, 5.74) is 3.66. The van der Waals surface area contributed by atoms with Crippen molar-refractivity contribution < 1.29 is 0 Å². The van der Waals surface area contributed by atoms with Crippen LogP contribution in [-0.4, -0.2) is 19.3 Å². The zero-order chi connectivity index (χ0) is 13.8. The van der Waals surface area contributed by atoms with Crippen LogP contribution in [0.4, 0.5) is 11.4 Å². The van der Waals surface area contributed by atoms with Crippen molar-refractivity contribution in [2.24, 2.45) is 4.99 Å². The van der Waals surface area contributed by atoms with E-state index in [1.54, 1.807) is 11.3 Å². The first-order chi connectivity index (χ1) is 9.84. The van der Waals surface area contributed by atoms with E-state index in [0.717, 1.165) is 18.8 Å². The molecule has 0 amide bonds. The van der Waals surface area contributed by atoms with E-state index in [-0.39, 0.29) is 0 Å². The summed E-state index contributed by atoms with van der Waals surface area (Å²) in [6.45, 7) is 4.45. The van der Waals surface area contributed by atoms with Gasteiger partial charge in [0.15, 0.2) is 0 Å². The van der Waals surface area contributed by atoms with Crippen LogP contribution in [-0.2, 0) is 0 Å². The topological polar surface area (TPSA) is 15.6 Å². The van der Waals surface area contributed by atoms with E-state index >= 15 is 0 Å². The van der Waals surface area contributed by atoms with Crippen LogP contribution < -0.4 is 4.90 Å². The number of nitrogens with zero attached hydrogens (tertiary/aromatic N) is 2. The monoisotopic (exact) mass is 284 g/mol. The number of para-hydroxylation sites is 2. The van der Waals surface area contributed by atoms with E-state index in [2.05, 4.69) is 47.5 Å². The van der Waals surface area contributed by atoms with Gasteiger partial charge in [0.1, 0.15) is 0 Å². The maximum absolute atomic E-state index is 4.73. The Morgan fingerprint density at radius 3 is 2.65 bits per heavy atom. The molecule has 0 atom stereocenters.